The fourth-order valence-corrected chi connectivity index (χ4v) is 3.22. The predicted molar refractivity (Wildman–Crippen MR) is 97.3 cm³/mol. The van der Waals surface area contributed by atoms with Gasteiger partial charge in [-0.15, -0.1) is 0 Å². The molecule has 128 valence electrons. The van der Waals surface area contributed by atoms with Gasteiger partial charge in [0.25, 0.3) is 5.91 Å². The van der Waals surface area contributed by atoms with Crippen molar-refractivity contribution in [3.05, 3.63) is 59.8 Å². The molecule has 0 unspecified atom stereocenters. The molecule has 2 aromatic carbocycles. The minimum atomic E-state index is -0.234. The molecule has 0 spiro atoms. The van der Waals surface area contributed by atoms with Gasteiger partial charge in [-0.1, -0.05) is 24.3 Å². The van der Waals surface area contributed by atoms with E-state index in [-0.39, 0.29) is 5.91 Å². The maximum Gasteiger partial charge on any atom is 0.259 e. The predicted octanol–water partition coefficient (Wildman–Crippen LogP) is 3.14. The Balaban J connectivity index is 1.48. The third-order valence-corrected chi connectivity index (χ3v) is 4.47. The Hall–Kier alpha value is -3.61. The van der Waals surface area contributed by atoms with Crippen molar-refractivity contribution in [3.63, 3.8) is 0 Å². The van der Waals surface area contributed by atoms with Gasteiger partial charge >= 0.3 is 0 Å². The van der Waals surface area contributed by atoms with E-state index in [1.165, 1.54) is 0 Å². The van der Waals surface area contributed by atoms with Crippen LogP contribution in [0.25, 0.3) is 22.6 Å². The van der Waals surface area contributed by atoms with Gasteiger partial charge in [0, 0.05) is 6.42 Å². The molecule has 0 fully saturated rings. The number of imidazole rings is 1. The van der Waals surface area contributed by atoms with E-state index >= 15 is 0 Å². The number of anilines is 1. The molecule has 26 heavy (non-hydrogen) atoms. The van der Waals surface area contributed by atoms with Crippen molar-refractivity contribution in [2.45, 2.75) is 6.42 Å². The first-order valence-corrected chi connectivity index (χ1v) is 8.34. The zero-order valence-electron chi connectivity index (χ0n) is 13.7. The van der Waals surface area contributed by atoms with Gasteiger partial charge in [-0.25, -0.2) is 4.98 Å². The number of benzene rings is 2. The molecule has 5 rings (SSSR count). The molecular weight excluding hydrogens is 330 g/mol. The van der Waals surface area contributed by atoms with Gasteiger partial charge in [-0.3, -0.25) is 9.89 Å². The standard InChI is InChI=1S/C19H15N5O2/c25-19(12-5-3-4-11-8-9-26-17(11)12)23-15-10-20-24-16(15)18-21-13-6-1-2-7-14(13)22-18/h1-7,10H,8-9H2,(H,20,24)(H,21,22)(H,23,25). The molecule has 4 aromatic rings. The van der Waals surface area contributed by atoms with E-state index < -0.39 is 0 Å². The van der Waals surface area contributed by atoms with Crippen LogP contribution >= 0.6 is 0 Å². The number of nitrogens with zero attached hydrogens (tertiary/aromatic N) is 2. The largest absolute Gasteiger partial charge is 0.492 e. The number of aromatic nitrogens is 4. The second-order valence-electron chi connectivity index (χ2n) is 6.11. The molecule has 1 aliphatic heterocycles. The average Bonchev–Trinajstić information content (AvgIpc) is 3.39. The highest BCUT2D eigenvalue weighted by Gasteiger charge is 2.22. The summed E-state index contributed by atoms with van der Waals surface area (Å²) in [6.07, 6.45) is 2.40. The fourth-order valence-electron chi connectivity index (χ4n) is 3.22. The summed E-state index contributed by atoms with van der Waals surface area (Å²) in [6, 6.07) is 13.4. The second-order valence-corrected chi connectivity index (χ2v) is 6.11. The summed E-state index contributed by atoms with van der Waals surface area (Å²) in [4.78, 5) is 20.5. The summed E-state index contributed by atoms with van der Waals surface area (Å²) in [7, 11) is 0. The van der Waals surface area contributed by atoms with E-state index in [9.17, 15) is 4.79 Å². The van der Waals surface area contributed by atoms with Crippen molar-refractivity contribution in [2.75, 3.05) is 11.9 Å². The normalized spacial score (nSPS) is 12.8. The number of fused-ring (bicyclic) bond motifs is 2. The number of amides is 1. The van der Waals surface area contributed by atoms with E-state index in [2.05, 4.69) is 25.5 Å². The smallest absolute Gasteiger partial charge is 0.259 e. The number of para-hydroxylation sites is 3. The monoisotopic (exact) mass is 345 g/mol. The minimum Gasteiger partial charge on any atom is -0.492 e. The van der Waals surface area contributed by atoms with Crippen LogP contribution in [-0.2, 0) is 6.42 Å². The fraction of sp³-hybridized carbons (Fsp3) is 0.105. The first-order valence-electron chi connectivity index (χ1n) is 8.34. The number of carbonyl (C=O) groups is 1. The molecule has 3 heterocycles. The average molecular weight is 345 g/mol. The molecule has 0 saturated carbocycles. The topological polar surface area (TPSA) is 95.7 Å². The maximum absolute atomic E-state index is 12.8. The lowest BCUT2D eigenvalue weighted by Gasteiger charge is -2.08. The first kappa shape index (κ1) is 14.7. The van der Waals surface area contributed by atoms with Gasteiger partial charge in [-0.05, 0) is 23.8 Å². The van der Waals surface area contributed by atoms with Crippen LogP contribution < -0.4 is 10.1 Å². The van der Waals surface area contributed by atoms with E-state index in [0.717, 1.165) is 23.0 Å². The zero-order valence-corrected chi connectivity index (χ0v) is 13.7. The second kappa shape index (κ2) is 5.73. The lowest BCUT2D eigenvalue weighted by atomic mass is 10.1. The summed E-state index contributed by atoms with van der Waals surface area (Å²) in [5.41, 5.74) is 4.54. The summed E-state index contributed by atoms with van der Waals surface area (Å²) >= 11 is 0. The van der Waals surface area contributed by atoms with Gasteiger partial charge in [0.2, 0.25) is 0 Å². The number of H-pyrrole nitrogens is 2. The molecule has 0 radical (unpaired) electrons. The Morgan fingerprint density at radius 3 is 3.00 bits per heavy atom. The van der Waals surface area contributed by atoms with Gasteiger partial charge < -0.3 is 15.0 Å². The van der Waals surface area contributed by atoms with Gasteiger partial charge in [0.15, 0.2) is 5.82 Å². The van der Waals surface area contributed by atoms with Gasteiger partial charge in [-0.2, -0.15) is 5.10 Å². The Labute approximate surface area is 148 Å². The van der Waals surface area contributed by atoms with Gasteiger partial charge in [0.05, 0.1) is 35.1 Å². The lowest BCUT2D eigenvalue weighted by Crippen LogP contribution is -2.13. The van der Waals surface area contributed by atoms with Crippen molar-refractivity contribution < 1.29 is 9.53 Å². The van der Waals surface area contributed by atoms with E-state index in [1.807, 2.05) is 36.4 Å². The summed E-state index contributed by atoms with van der Waals surface area (Å²) < 4.78 is 5.62. The number of nitrogens with one attached hydrogen (secondary N) is 3. The molecule has 0 atom stereocenters. The number of hydrogen-bond acceptors (Lipinski definition) is 4. The van der Waals surface area contributed by atoms with Crippen LogP contribution in [0.1, 0.15) is 15.9 Å². The number of rotatable bonds is 3. The molecule has 0 saturated heterocycles. The number of hydrogen-bond donors (Lipinski definition) is 3. The highest BCUT2D eigenvalue weighted by molar-refractivity contribution is 6.07. The summed E-state index contributed by atoms with van der Waals surface area (Å²) in [6.45, 7) is 0.607. The van der Waals surface area contributed by atoms with E-state index in [0.29, 0.717) is 35.1 Å². The molecule has 2 aromatic heterocycles. The van der Waals surface area contributed by atoms with Crippen LogP contribution in [0.2, 0.25) is 0 Å². The Kier molecular flexibility index (Phi) is 3.24. The third kappa shape index (κ3) is 2.33. The van der Waals surface area contributed by atoms with Crippen molar-refractivity contribution >= 4 is 22.6 Å². The van der Waals surface area contributed by atoms with E-state index in [4.69, 9.17) is 4.74 Å². The number of ether oxygens (including phenoxy) is 1. The van der Waals surface area contributed by atoms with Crippen molar-refractivity contribution in [1.82, 2.24) is 20.2 Å². The van der Waals surface area contributed by atoms with Crippen LogP contribution in [0.4, 0.5) is 5.69 Å². The third-order valence-electron chi connectivity index (χ3n) is 4.47. The quantitative estimate of drug-likeness (QED) is 0.531. The van der Waals surface area contributed by atoms with Crippen LogP contribution in [0.15, 0.2) is 48.7 Å². The SMILES string of the molecule is O=C(Nc1cn[nH]c1-c1nc2ccccc2[nH]1)c1cccc2c1OCC2. The van der Waals surface area contributed by atoms with Crippen LogP contribution in [0.5, 0.6) is 5.75 Å². The van der Waals surface area contributed by atoms with Crippen molar-refractivity contribution in [3.8, 4) is 17.3 Å². The molecule has 0 aliphatic carbocycles. The van der Waals surface area contributed by atoms with E-state index in [1.54, 1.807) is 12.3 Å². The Bertz CT molecular complexity index is 1090. The summed E-state index contributed by atoms with van der Waals surface area (Å²) in [5.74, 6) is 1.05. The highest BCUT2D eigenvalue weighted by atomic mass is 16.5. The lowest BCUT2D eigenvalue weighted by molar-refractivity contribution is 0.102. The van der Waals surface area contributed by atoms with Crippen molar-refractivity contribution in [2.24, 2.45) is 0 Å². The number of carbonyl (C=O) groups excluding carboxylic acids is 1. The van der Waals surface area contributed by atoms with Gasteiger partial charge in [0.1, 0.15) is 11.4 Å². The number of aromatic amines is 2. The van der Waals surface area contributed by atoms with Crippen LogP contribution in [-0.4, -0.2) is 32.7 Å². The minimum absolute atomic E-state index is 0.234. The molecule has 1 aliphatic rings. The molecule has 3 N–H and O–H groups in total. The van der Waals surface area contributed by atoms with Crippen LogP contribution in [0, 0.1) is 0 Å². The molecule has 1 amide bonds. The summed E-state index contributed by atoms with van der Waals surface area (Å²) in [5, 5.41) is 9.87. The Morgan fingerprint density at radius 1 is 1.15 bits per heavy atom. The van der Waals surface area contributed by atoms with Crippen LogP contribution in [0.3, 0.4) is 0 Å². The zero-order chi connectivity index (χ0) is 17.5. The first-order chi connectivity index (χ1) is 12.8. The molecule has 7 nitrogen and oxygen atoms in total. The highest BCUT2D eigenvalue weighted by Crippen LogP contribution is 2.31. The molecular formula is C19H15N5O2. The molecule has 7 heteroatoms. The maximum atomic E-state index is 12.8. The van der Waals surface area contributed by atoms with Crippen molar-refractivity contribution in [1.29, 1.82) is 0 Å². The molecule has 0 bridgehead atoms. The Morgan fingerprint density at radius 2 is 2.08 bits per heavy atom.